The lowest BCUT2D eigenvalue weighted by atomic mass is 10.2. The molecule has 0 unspecified atom stereocenters. The number of rotatable bonds is 3. The monoisotopic (exact) mass is 241 g/mol. The molecule has 0 radical (unpaired) electrons. The Hall–Kier alpha value is -0.960. The molecule has 1 aliphatic carbocycles. The largest absolute Gasteiger partial charge is 0.485 e. The molecule has 16 heavy (non-hydrogen) atoms. The van der Waals surface area contributed by atoms with Crippen LogP contribution in [0.5, 0.6) is 11.5 Å². The van der Waals surface area contributed by atoms with Gasteiger partial charge in [-0.3, -0.25) is 4.98 Å². The Morgan fingerprint density at radius 3 is 2.56 bits per heavy atom. The van der Waals surface area contributed by atoms with Crippen molar-refractivity contribution in [2.75, 3.05) is 0 Å². The van der Waals surface area contributed by atoms with Gasteiger partial charge >= 0.3 is 0 Å². The molecule has 1 saturated carbocycles. The average Bonchev–Trinajstić information content (AvgIpc) is 2.92. The van der Waals surface area contributed by atoms with Crippen LogP contribution in [-0.4, -0.2) is 16.7 Å². The Bertz CT molecular complexity index is 383. The highest BCUT2D eigenvalue weighted by Crippen LogP contribution is 2.39. The van der Waals surface area contributed by atoms with Gasteiger partial charge in [0.25, 0.3) is 0 Å². The minimum absolute atomic E-state index is 0.284. The topological polar surface area (TPSA) is 31.4 Å². The summed E-state index contributed by atoms with van der Waals surface area (Å²) in [5.74, 6) is 1.24. The third-order valence-electron chi connectivity index (χ3n) is 2.05. The maximum atomic E-state index is 6.06. The standard InChI is InChI=1S/C12H16ClNO2/c1-12(2,3)16-10-7-14-6-9(13)11(10)15-8-4-5-8/h6-8H,4-5H2,1-3H3. The van der Waals surface area contributed by atoms with Crippen molar-refractivity contribution in [2.24, 2.45) is 0 Å². The van der Waals surface area contributed by atoms with Crippen molar-refractivity contribution in [1.82, 2.24) is 4.98 Å². The Labute approximate surface area is 101 Å². The van der Waals surface area contributed by atoms with Crippen LogP contribution in [0.2, 0.25) is 5.02 Å². The molecule has 88 valence electrons. The predicted octanol–water partition coefficient (Wildman–Crippen LogP) is 3.45. The molecule has 1 aromatic rings. The molecule has 0 spiro atoms. The Kier molecular flexibility index (Phi) is 2.98. The first kappa shape index (κ1) is 11.5. The molecule has 1 aromatic heterocycles. The summed E-state index contributed by atoms with van der Waals surface area (Å²) in [6.07, 6.45) is 5.70. The minimum atomic E-state index is -0.284. The highest BCUT2D eigenvalue weighted by Gasteiger charge is 2.27. The fraction of sp³-hybridized carbons (Fsp3) is 0.583. The quantitative estimate of drug-likeness (QED) is 0.812. The lowest BCUT2D eigenvalue weighted by Gasteiger charge is -2.23. The van der Waals surface area contributed by atoms with E-state index in [0.717, 1.165) is 12.8 Å². The number of halogens is 1. The van der Waals surface area contributed by atoms with Crippen LogP contribution in [0.4, 0.5) is 0 Å². The minimum Gasteiger partial charge on any atom is -0.485 e. The lowest BCUT2D eigenvalue weighted by molar-refractivity contribution is 0.122. The average molecular weight is 242 g/mol. The van der Waals surface area contributed by atoms with Crippen molar-refractivity contribution in [3.05, 3.63) is 17.4 Å². The molecule has 0 atom stereocenters. The van der Waals surface area contributed by atoms with E-state index in [9.17, 15) is 0 Å². The van der Waals surface area contributed by atoms with Crippen molar-refractivity contribution < 1.29 is 9.47 Å². The van der Waals surface area contributed by atoms with Crippen LogP contribution in [0.15, 0.2) is 12.4 Å². The smallest absolute Gasteiger partial charge is 0.183 e. The highest BCUT2D eigenvalue weighted by molar-refractivity contribution is 6.32. The molecule has 3 nitrogen and oxygen atoms in total. The van der Waals surface area contributed by atoms with Gasteiger partial charge in [-0.2, -0.15) is 0 Å². The van der Waals surface area contributed by atoms with Crippen LogP contribution in [0, 0.1) is 0 Å². The number of nitrogens with zero attached hydrogens (tertiary/aromatic N) is 1. The summed E-state index contributed by atoms with van der Waals surface area (Å²) in [6.45, 7) is 5.94. The van der Waals surface area contributed by atoms with Crippen molar-refractivity contribution in [3.8, 4) is 11.5 Å². The molecule has 1 heterocycles. The predicted molar refractivity (Wildman–Crippen MR) is 63.3 cm³/mol. The van der Waals surface area contributed by atoms with E-state index >= 15 is 0 Å². The zero-order valence-electron chi connectivity index (χ0n) is 9.79. The van der Waals surface area contributed by atoms with E-state index in [1.165, 1.54) is 0 Å². The molecule has 1 aliphatic rings. The second-order valence-corrected chi connectivity index (χ2v) is 5.39. The molecule has 1 fully saturated rings. The number of hydrogen-bond acceptors (Lipinski definition) is 3. The van der Waals surface area contributed by atoms with Crippen molar-refractivity contribution in [3.63, 3.8) is 0 Å². The molecule has 0 amide bonds. The summed E-state index contributed by atoms with van der Waals surface area (Å²) in [7, 11) is 0. The Balaban J connectivity index is 2.24. The number of aromatic nitrogens is 1. The summed E-state index contributed by atoms with van der Waals surface area (Å²) in [5.41, 5.74) is -0.284. The van der Waals surface area contributed by atoms with E-state index in [1.54, 1.807) is 12.4 Å². The van der Waals surface area contributed by atoms with Crippen LogP contribution >= 0.6 is 11.6 Å². The van der Waals surface area contributed by atoms with E-state index in [-0.39, 0.29) is 5.60 Å². The molecular weight excluding hydrogens is 226 g/mol. The van der Waals surface area contributed by atoms with E-state index in [2.05, 4.69) is 4.98 Å². The second kappa shape index (κ2) is 4.13. The first-order valence-corrected chi connectivity index (χ1v) is 5.83. The molecule has 0 aliphatic heterocycles. The molecule has 2 rings (SSSR count). The third-order valence-corrected chi connectivity index (χ3v) is 2.31. The van der Waals surface area contributed by atoms with Crippen molar-refractivity contribution >= 4 is 11.6 Å². The van der Waals surface area contributed by atoms with Gasteiger partial charge in [0.2, 0.25) is 0 Å². The molecule has 0 bridgehead atoms. The van der Waals surface area contributed by atoms with Gasteiger partial charge in [0.1, 0.15) is 10.6 Å². The fourth-order valence-corrected chi connectivity index (χ4v) is 1.47. The number of pyridine rings is 1. The van der Waals surface area contributed by atoms with Crippen LogP contribution in [-0.2, 0) is 0 Å². The Morgan fingerprint density at radius 1 is 1.31 bits per heavy atom. The zero-order chi connectivity index (χ0) is 11.8. The van der Waals surface area contributed by atoms with Gasteiger partial charge in [-0.25, -0.2) is 0 Å². The molecule has 0 N–H and O–H groups in total. The fourth-order valence-electron chi connectivity index (χ4n) is 1.27. The summed E-state index contributed by atoms with van der Waals surface area (Å²) < 4.78 is 11.5. The molecule has 4 heteroatoms. The SMILES string of the molecule is CC(C)(C)Oc1cncc(Cl)c1OC1CC1. The van der Waals surface area contributed by atoms with Gasteiger partial charge in [-0.1, -0.05) is 11.6 Å². The number of hydrogen-bond donors (Lipinski definition) is 0. The summed E-state index contributed by atoms with van der Waals surface area (Å²) in [5, 5.41) is 0.508. The van der Waals surface area contributed by atoms with Crippen LogP contribution < -0.4 is 9.47 Å². The van der Waals surface area contributed by atoms with E-state index in [0.29, 0.717) is 22.6 Å². The van der Waals surface area contributed by atoms with Gasteiger partial charge < -0.3 is 9.47 Å². The first-order valence-electron chi connectivity index (χ1n) is 5.45. The highest BCUT2D eigenvalue weighted by atomic mass is 35.5. The van der Waals surface area contributed by atoms with Gasteiger partial charge in [-0.05, 0) is 33.6 Å². The van der Waals surface area contributed by atoms with Gasteiger partial charge in [0, 0.05) is 6.20 Å². The van der Waals surface area contributed by atoms with Gasteiger partial charge in [-0.15, -0.1) is 0 Å². The maximum absolute atomic E-state index is 6.06. The van der Waals surface area contributed by atoms with Crippen molar-refractivity contribution in [1.29, 1.82) is 0 Å². The Morgan fingerprint density at radius 2 is 2.00 bits per heavy atom. The maximum Gasteiger partial charge on any atom is 0.183 e. The van der Waals surface area contributed by atoms with Gasteiger partial charge in [0.15, 0.2) is 11.5 Å². The van der Waals surface area contributed by atoms with Crippen molar-refractivity contribution in [2.45, 2.75) is 45.3 Å². The third kappa shape index (κ3) is 3.01. The molecular formula is C12H16ClNO2. The summed E-state index contributed by atoms with van der Waals surface area (Å²) in [6, 6.07) is 0. The normalized spacial score (nSPS) is 16.0. The zero-order valence-corrected chi connectivity index (χ0v) is 10.5. The van der Waals surface area contributed by atoms with Gasteiger partial charge in [0.05, 0.1) is 12.3 Å². The van der Waals surface area contributed by atoms with Crippen LogP contribution in [0.3, 0.4) is 0 Å². The summed E-state index contributed by atoms with van der Waals surface area (Å²) in [4.78, 5) is 4.02. The second-order valence-electron chi connectivity index (χ2n) is 4.98. The van der Waals surface area contributed by atoms with E-state index in [4.69, 9.17) is 21.1 Å². The van der Waals surface area contributed by atoms with E-state index < -0.39 is 0 Å². The lowest BCUT2D eigenvalue weighted by Crippen LogP contribution is -2.23. The van der Waals surface area contributed by atoms with Crippen LogP contribution in [0.1, 0.15) is 33.6 Å². The number of ether oxygens (including phenoxy) is 2. The molecule has 0 aromatic carbocycles. The molecule has 0 saturated heterocycles. The summed E-state index contributed by atoms with van der Waals surface area (Å²) >= 11 is 6.06. The first-order chi connectivity index (χ1) is 7.46. The van der Waals surface area contributed by atoms with Crippen LogP contribution in [0.25, 0.3) is 0 Å². The van der Waals surface area contributed by atoms with E-state index in [1.807, 2.05) is 20.8 Å².